The van der Waals surface area contributed by atoms with Crippen molar-refractivity contribution in [3.05, 3.63) is 35.9 Å². The van der Waals surface area contributed by atoms with Gasteiger partial charge in [-0.05, 0) is 36.8 Å². The molecule has 48 heavy (non-hydrogen) atoms. The lowest BCUT2D eigenvalue weighted by atomic mass is 10.1. The molecule has 0 spiro atoms. The monoisotopic (exact) mass is 699 g/mol. The Bertz CT molecular complexity index is 1270. The van der Waals surface area contributed by atoms with E-state index < -0.39 is 84.7 Å². The fraction of sp³-hybridized carbons (Fsp3) is 0.533. The minimum Gasteiger partial charge on any atom is -0.469 e. The summed E-state index contributed by atoms with van der Waals surface area (Å²) in [6.45, 7) is -1.60. The number of ether oxygens (including phenoxy) is 3. The molecular formula is C30H42FN5O11S. The maximum Gasteiger partial charge on any atom is 0.408 e. The molecule has 6 N–H and O–H groups in total. The minimum absolute atomic E-state index is 0.0144. The molecule has 4 atom stereocenters. The smallest absolute Gasteiger partial charge is 0.408 e. The zero-order valence-electron chi connectivity index (χ0n) is 26.9. The normalized spacial score (nSPS) is 13.0. The number of halogens is 1. The summed E-state index contributed by atoms with van der Waals surface area (Å²) in [6.07, 6.45) is -1.16. The standard InChI is InChI=1S/C30H42FN5O11S/c1-45-25(39)12-10-20(36-30(44)47-17-18-7-5-4-6-8-18)28(42)33-19(9-11-24(32)38)27(41)34-21(13-14-48-3)29(43)35-22(23(37)16-31)15-26(40)46-2/h4-8,19-22H,9-17H2,1-3H3,(H2,32,38)(H,33,42)(H,34,41)(H,35,43)(H,36,44)/t19-,20-,21-,22-/m0/s1. The number of primary amides is 1. The number of hydrogen-bond donors (Lipinski definition) is 5. The first-order valence-electron chi connectivity index (χ1n) is 14.7. The van der Waals surface area contributed by atoms with Crippen LogP contribution in [0, 0.1) is 0 Å². The number of Topliss-reactive ketones (excluding diaryl/α,β-unsaturated/α-hetero) is 1. The molecule has 0 unspecified atom stereocenters. The third kappa shape index (κ3) is 16.2. The Hall–Kier alpha value is -4.74. The van der Waals surface area contributed by atoms with Crippen LogP contribution in [0.5, 0.6) is 0 Å². The van der Waals surface area contributed by atoms with Crippen LogP contribution in [-0.2, 0) is 54.4 Å². The minimum atomic E-state index is -1.57. The van der Waals surface area contributed by atoms with Gasteiger partial charge in [-0.15, -0.1) is 0 Å². The third-order valence-electron chi connectivity index (χ3n) is 6.68. The number of carbonyl (C=O) groups excluding carboxylic acids is 8. The van der Waals surface area contributed by atoms with E-state index in [2.05, 4.69) is 30.7 Å². The number of amides is 5. The molecule has 0 radical (unpaired) electrons. The van der Waals surface area contributed by atoms with Gasteiger partial charge in [0.25, 0.3) is 0 Å². The number of nitrogens with two attached hydrogens (primary N) is 1. The zero-order chi connectivity index (χ0) is 36.1. The van der Waals surface area contributed by atoms with E-state index in [-0.39, 0.29) is 38.7 Å². The molecule has 0 aliphatic rings. The van der Waals surface area contributed by atoms with Gasteiger partial charge in [0.05, 0.1) is 20.6 Å². The van der Waals surface area contributed by atoms with Gasteiger partial charge in [-0.25, -0.2) is 9.18 Å². The second-order valence-electron chi connectivity index (χ2n) is 10.2. The number of alkyl halides is 1. The maximum absolute atomic E-state index is 13.4. The number of ketones is 1. The van der Waals surface area contributed by atoms with E-state index in [4.69, 9.17) is 10.5 Å². The molecule has 18 heteroatoms. The van der Waals surface area contributed by atoms with Gasteiger partial charge in [0.2, 0.25) is 23.6 Å². The number of carbonyl (C=O) groups is 8. The summed E-state index contributed by atoms with van der Waals surface area (Å²) in [5.41, 5.74) is 5.93. The van der Waals surface area contributed by atoms with Crippen LogP contribution < -0.4 is 27.0 Å². The van der Waals surface area contributed by atoms with Gasteiger partial charge in [-0.3, -0.25) is 33.6 Å². The Labute approximate surface area is 281 Å². The van der Waals surface area contributed by atoms with Crippen molar-refractivity contribution in [1.82, 2.24) is 21.3 Å². The summed E-state index contributed by atoms with van der Waals surface area (Å²) >= 11 is 1.32. The number of alkyl carbamates (subject to hydrolysis) is 1. The lowest BCUT2D eigenvalue weighted by Crippen LogP contribution is -2.58. The van der Waals surface area contributed by atoms with Gasteiger partial charge in [0.1, 0.15) is 37.4 Å². The molecule has 5 amide bonds. The number of thioether (sulfide) groups is 1. The van der Waals surface area contributed by atoms with Crippen molar-refractivity contribution in [3.8, 4) is 0 Å². The number of rotatable bonds is 22. The van der Waals surface area contributed by atoms with E-state index in [0.717, 1.165) is 14.2 Å². The van der Waals surface area contributed by atoms with Crippen molar-refractivity contribution in [2.24, 2.45) is 5.73 Å². The second kappa shape index (κ2) is 22.7. The number of hydrogen-bond acceptors (Lipinski definition) is 12. The molecule has 0 fully saturated rings. The lowest BCUT2D eigenvalue weighted by molar-refractivity contribution is -0.143. The fourth-order valence-corrected chi connectivity index (χ4v) is 4.48. The quantitative estimate of drug-likeness (QED) is 0.0782. The van der Waals surface area contributed by atoms with Crippen molar-refractivity contribution >= 4 is 59.2 Å². The highest BCUT2D eigenvalue weighted by atomic mass is 32.2. The highest BCUT2D eigenvalue weighted by Gasteiger charge is 2.32. The fourth-order valence-electron chi connectivity index (χ4n) is 4.01. The van der Waals surface area contributed by atoms with Crippen LogP contribution in [0.3, 0.4) is 0 Å². The molecule has 0 heterocycles. The molecule has 266 valence electrons. The predicted molar refractivity (Wildman–Crippen MR) is 170 cm³/mol. The second-order valence-corrected chi connectivity index (χ2v) is 11.2. The van der Waals surface area contributed by atoms with Crippen LogP contribution >= 0.6 is 11.8 Å². The largest absolute Gasteiger partial charge is 0.469 e. The maximum atomic E-state index is 13.4. The third-order valence-corrected chi connectivity index (χ3v) is 7.32. The molecule has 0 saturated heterocycles. The summed E-state index contributed by atoms with van der Waals surface area (Å²) < 4.78 is 27.4. The number of nitrogens with one attached hydrogen (secondary N) is 4. The van der Waals surface area contributed by atoms with Crippen LogP contribution in [0.25, 0.3) is 0 Å². The average Bonchev–Trinajstić information content (AvgIpc) is 3.08. The van der Waals surface area contributed by atoms with Crippen molar-refractivity contribution in [2.45, 2.75) is 69.3 Å². The summed E-state index contributed by atoms with van der Waals surface area (Å²) in [4.78, 5) is 99.7. The zero-order valence-corrected chi connectivity index (χ0v) is 27.7. The Morgan fingerprint density at radius 3 is 1.79 bits per heavy atom. The Morgan fingerprint density at radius 1 is 0.750 bits per heavy atom. The summed E-state index contributed by atoms with van der Waals surface area (Å²) in [7, 11) is 2.18. The molecule has 1 rings (SSSR count). The number of methoxy groups -OCH3 is 2. The van der Waals surface area contributed by atoms with E-state index in [9.17, 15) is 42.7 Å². The first-order valence-corrected chi connectivity index (χ1v) is 16.1. The van der Waals surface area contributed by atoms with E-state index in [1.165, 1.54) is 11.8 Å². The van der Waals surface area contributed by atoms with Crippen molar-refractivity contribution in [1.29, 1.82) is 0 Å². The van der Waals surface area contributed by atoms with Gasteiger partial charge in [-0.1, -0.05) is 30.3 Å². The van der Waals surface area contributed by atoms with Crippen LogP contribution in [0.1, 0.15) is 44.1 Å². The molecular weight excluding hydrogens is 657 g/mol. The highest BCUT2D eigenvalue weighted by Crippen LogP contribution is 2.09. The number of esters is 2. The summed E-state index contributed by atoms with van der Waals surface area (Å²) in [5.74, 6) is -5.94. The molecule has 0 saturated carbocycles. The Kier molecular flexibility index (Phi) is 19.5. The van der Waals surface area contributed by atoms with Crippen molar-refractivity contribution in [2.75, 3.05) is 32.9 Å². The first-order chi connectivity index (χ1) is 22.8. The SMILES string of the molecule is COC(=O)CC[C@H](NC(=O)OCc1ccccc1)C(=O)N[C@@H](CCC(N)=O)C(=O)N[C@@H](CCSC)C(=O)N[C@@H](CC(=O)OC)C(=O)CF. The van der Waals surface area contributed by atoms with E-state index in [1.54, 1.807) is 36.6 Å². The predicted octanol–water partition coefficient (Wildman–Crippen LogP) is -0.191. The van der Waals surface area contributed by atoms with E-state index in [1.807, 2.05) is 0 Å². The molecule has 0 bridgehead atoms. The molecule has 0 aliphatic heterocycles. The topological polar surface area (TPSA) is 238 Å². The lowest BCUT2D eigenvalue weighted by Gasteiger charge is -2.26. The van der Waals surface area contributed by atoms with E-state index in [0.29, 0.717) is 11.3 Å². The highest BCUT2D eigenvalue weighted by molar-refractivity contribution is 7.98. The van der Waals surface area contributed by atoms with Gasteiger partial charge < -0.3 is 41.2 Å². The first kappa shape index (κ1) is 41.3. The van der Waals surface area contributed by atoms with Crippen molar-refractivity contribution < 1.29 is 57.0 Å². The molecule has 0 aliphatic carbocycles. The average molecular weight is 700 g/mol. The van der Waals surface area contributed by atoms with Crippen LogP contribution in [-0.4, -0.2) is 105 Å². The van der Waals surface area contributed by atoms with Gasteiger partial charge in [-0.2, -0.15) is 11.8 Å². The van der Waals surface area contributed by atoms with Crippen LogP contribution in [0.2, 0.25) is 0 Å². The van der Waals surface area contributed by atoms with Gasteiger partial charge >= 0.3 is 18.0 Å². The molecule has 0 aromatic heterocycles. The molecule has 1 aromatic carbocycles. The molecule has 1 aromatic rings. The molecule has 16 nitrogen and oxygen atoms in total. The van der Waals surface area contributed by atoms with Gasteiger partial charge in [0, 0.05) is 12.8 Å². The van der Waals surface area contributed by atoms with Crippen molar-refractivity contribution in [3.63, 3.8) is 0 Å². The van der Waals surface area contributed by atoms with Gasteiger partial charge in [0.15, 0.2) is 5.78 Å². The Morgan fingerprint density at radius 2 is 1.27 bits per heavy atom. The Balaban J connectivity index is 3.17. The summed E-state index contributed by atoms with van der Waals surface area (Å²) in [5, 5.41) is 9.46. The van der Waals surface area contributed by atoms with E-state index >= 15 is 0 Å². The van der Waals surface area contributed by atoms with Crippen LogP contribution in [0.15, 0.2) is 30.3 Å². The number of benzene rings is 1. The summed E-state index contributed by atoms with van der Waals surface area (Å²) in [6, 6.07) is 2.88. The van der Waals surface area contributed by atoms with Crippen LogP contribution in [0.4, 0.5) is 9.18 Å².